The van der Waals surface area contributed by atoms with Gasteiger partial charge in [0.25, 0.3) is 0 Å². The molecular formula is C11H22N4. The first kappa shape index (κ1) is 12.2. The van der Waals surface area contributed by atoms with Gasteiger partial charge in [-0.15, -0.1) is 0 Å². The topological polar surface area (TPSA) is 44.9 Å². The van der Waals surface area contributed by atoms with Crippen LogP contribution in [0.5, 0.6) is 0 Å². The third kappa shape index (κ3) is 3.04. The largest absolute Gasteiger partial charge is 0.354 e. The molecule has 1 saturated heterocycles. The van der Waals surface area contributed by atoms with Crippen LogP contribution in [0.25, 0.3) is 0 Å². The summed E-state index contributed by atoms with van der Waals surface area (Å²) in [4.78, 5) is 8.70. The van der Waals surface area contributed by atoms with E-state index in [-0.39, 0.29) is 6.04 Å². The fourth-order valence-electron chi connectivity index (χ4n) is 1.70. The lowest BCUT2D eigenvalue weighted by Crippen LogP contribution is -2.44. The average molecular weight is 210 g/mol. The van der Waals surface area contributed by atoms with Crippen LogP contribution in [-0.4, -0.2) is 55.8 Å². The summed E-state index contributed by atoms with van der Waals surface area (Å²) >= 11 is 0. The second kappa shape index (κ2) is 5.28. The summed E-state index contributed by atoms with van der Waals surface area (Å²) in [5.74, 6) is 0.970. The van der Waals surface area contributed by atoms with Gasteiger partial charge in [0, 0.05) is 32.2 Å². The summed E-state index contributed by atoms with van der Waals surface area (Å²) in [5, 5.41) is 0. The minimum absolute atomic E-state index is 0.0464. The van der Waals surface area contributed by atoms with Crippen molar-refractivity contribution in [2.75, 3.05) is 33.2 Å². The Morgan fingerprint density at radius 3 is 2.27 bits per heavy atom. The van der Waals surface area contributed by atoms with Crippen molar-refractivity contribution in [3.05, 3.63) is 11.4 Å². The van der Waals surface area contributed by atoms with E-state index in [1.54, 1.807) is 0 Å². The van der Waals surface area contributed by atoms with Crippen molar-refractivity contribution in [2.45, 2.75) is 19.9 Å². The SMILES string of the molecule is C=N/C(=C(/C)C(C)N)N1CCN(C)CC1. The van der Waals surface area contributed by atoms with Gasteiger partial charge in [0.05, 0.1) is 0 Å². The Morgan fingerprint density at radius 2 is 1.87 bits per heavy atom. The zero-order valence-electron chi connectivity index (χ0n) is 10.0. The van der Waals surface area contributed by atoms with E-state index in [9.17, 15) is 0 Å². The highest BCUT2D eigenvalue weighted by molar-refractivity contribution is 5.31. The van der Waals surface area contributed by atoms with Crippen molar-refractivity contribution in [3.63, 3.8) is 0 Å². The summed E-state index contributed by atoms with van der Waals surface area (Å²) < 4.78 is 0. The number of rotatable bonds is 3. The first-order valence-corrected chi connectivity index (χ1v) is 5.42. The van der Waals surface area contributed by atoms with Crippen LogP contribution in [-0.2, 0) is 0 Å². The molecule has 86 valence electrons. The van der Waals surface area contributed by atoms with Gasteiger partial charge >= 0.3 is 0 Å². The summed E-state index contributed by atoms with van der Waals surface area (Å²) in [5.41, 5.74) is 6.98. The minimum Gasteiger partial charge on any atom is -0.354 e. The number of hydrogen-bond donors (Lipinski definition) is 1. The van der Waals surface area contributed by atoms with Gasteiger partial charge in [-0.2, -0.15) is 0 Å². The van der Waals surface area contributed by atoms with Gasteiger partial charge in [-0.25, -0.2) is 4.99 Å². The van der Waals surface area contributed by atoms with Crippen LogP contribution in [0.4, 0.5) is 0 Å². The van der Waals surface area contributed by atoms with Crippen molar-refractivity contribution in [2.24, 2.45) is 10.7 Å². The second-order valence-electron chi connectivity index (χ2n) is 4.24. The van der Waals surface area contributed by atoms with Crippen LogP contribution >= 0.6 is 0 Å². The number of nitrogens with two attached hydrogens (primary N) is 1. The minimum atomic E-state index is 0.0464. The predicted octanol–water partition coefficient (Wildman–Crippen LogP) is 0.513. The Balaban J connectivity index is 2.75. The number of piperazine rings is 1. The molecule has 1 heterocycles. The molecule has 0 aliphatic carbocycles. The molecule has 2 N–H and O–H groups in total. The van der Waals surface area contributed by atoms with Crippen LogP contribution in [0.3, 0.4) is 0 Å². The zero-order chi connectivity index (χ0) is 11.4. The highest BCUT2D eigenvalue weighted by Crippen LogP contribution is 2.15. The molecule has 0 radical (unpaired) electrons. The third-order valence-electron chi connectivity index (χ3n) is 2.99. The molecule has 0 bridgehead atoms. The number of hydrogen-bond acceptors (Lipinski definition) is 4. The van der Waals surface area contributed by atoms with E-state index in [1.165, 1.54) is 0 Å². The van der Waals surface area contributed by atoms with Gasteiger partial charge in [-0.1, -0.05) is 0 Å². The molecule has 1 aliphatic rings. The van der Waals surface area contributed by atoms with Gasteiger partial charge in [0.15, 0.2) is 0 Å². The highest BCUT2D eigenvalue weighted by Gasteiger charge is 2.18. The second-order valence-corrected chi connectivity index (χ2v) is 4.24. The molecule has 15 heavy (non-hydrogen) atoms. The molecule has 0 aromatic heterocycles. The standard InChI is InChI=1S/C11H22N4/c1-9(10(2)12)11(13-3)15-7-5-14(4)6-8-15/h10H,3,5-8,12H2,1-2,4H3/b11-9+. The molecule has 1 unspecified atom stereocenters. The van der Waals surface area contributed by atoms with E-state index >= 15 is 0 Å². The lowest BCUT2D eigenvalue weighted by molar-refractivity contribution is 0.183. The van der Waals surface area contributed by atoms with Crippen molar-refractivity contribution in [1.82, 2.24) is 9.80 Å². The molecule has 4 nitrogen and oxygen atoms in total. The highest BCUT2D eigenvalue weighted by atomic mass is 15.3. The normalized spacial score (nSPS) is 22.3. The zero-order valence-corrected chi connectivity index (χ0v) is 10.0. The first-order valence-electron chi connectivity index (χ1n) is 5.42. The fraction of sp³-hybridized carbons (Fsp3) is 0.727. The number of nitrogens with zero attached hydrogens (tertiary/aromatic N) is 3. The van der Waals surface area contributed by atoms with E-state index in [2.05, 4.69) is 28.6 Å². The molecule has 0 saturated carbocycles. The van der Waals surface area contributed by atoms with Gasteiger partial charge in [0.1, 0.15) is 5.82 Å². The molecule has 0 aromatic carbocycles. The Morgan fingerprint density at radius 1 is 1.33 bits per heavy atom. The summed E-state index contributed by atoms with van der Waals surface area (Å²) in [6.07, 6.45) is 0. The molecule has 1 atom stereocenters. The predicted molar refractivity (Wildman–Crippen MR) is 65.0 cm³/mol. The third-order valence-corrected chi connectivity index (χ3v) is 2.99. The van der Waals surface area contributed by atoms with E-state index in [4.69, 9.17) is 5.73 Å². The Kier molecular flexibility index (Phi) is 4.29. The van der Waals surface area contributed by atoms with Crippen LogP contribution < -0.4 is 5.73 Å². The lowest BCUT2D eigenvalue weighted by atomic mass is 10.1. The van der Waals surface area contributed by atoms with Crippen molar-refractivity contribution >= 4 is 6.72 Å². The molecule has 1 rings (SSSR count). The molecule has 0 amide bonds. The van der Waals surface area contributed by atoms with E-state index in [0.29, 0.717) is 0 Å². The molecule has 4 heteroatoms. The molecule has 0 spiro atoms. The monoisotopic (exact) mass is 210 g/mol. The molecule has 0 aromatic rings. The van der Waals surface area contributed by atoms with E-state index in [0.717, 1.165) is 37.6 Å². The van der Waals surface area contributed by atoms with Gasteiger partial charge in [0.2, 0.25) is 0 Å². The summed E-state index contributed by atoms with van der Waals surface area (Å²) in [6.45, 7) is 11.8. The van der Waals surface area contributed by atoms with Crippen molar-refractivity contribution < 1.29 is 0 Å². The van der Waals surface area contributed by atoms with E-state index < -0.39 is 0 Å². The molecular weight excluding hydrogens is 188 g/mol. The Labute approximate surface area is 92.4 Å². The average Bonchev–Trinajstić information content (AvgIpc) is 2.21. The van der Waals surface area contributed by atoms with Crippen LogP contribution in [0, 0.1) is 0 Å². The maximum Gasteiger partial charge on any atom is 0.128 e. The smallest absolute Gasteiger partial charge is 0.128 e. The Hall–Kier alpha value is -0.870. The van der Waals surface area contributed by atoms with Crippen molar-refractivity contribution in [1.29, 1.82) is 0 Å². The van der Waals surface area contributed by atoms with Crippen LogP contribution in [0.15, 0.2) is 16.4 Å². The Bertz CT molecular complexity index is 249. The van der Waals surface area contributed by atoms with Gasteiger partial charge in [-0.3, -0.25) is 0 Å². The van der Waals surface area contributed by atoms with Gasteiger partial charge < -0.3 is 15.5 Å². The first-order chi connectivity index (χ1) is 7.06. The van der Waals surface area contributed by atoms with Gasteiger partial charge in [-0.05, 0) is 33.2 Å². The molecule has 1 aliphatic heterocycles. The maximum atomic E-state index is 5.86. The maximum absolute atomic E-state index is 5.86. The van der Waals surface area contributed by atoms with Crippen LogP contribution in [0.2, 0.25) is 0 Å². The number of likely N-dealkylation sites (N-methyl/N-ethyl adjacent to an activating group) is 1. The van der Waals surface area contributed by atoms with E-state index in [1.807, 2.05) is 13.8 Å². The summed E-state index contributed by atoms with van der Waals surface area (Å²) in [6, 6.07) is 0.0464. The quantitative estimate of drug-likeness (QED) is 0.690. The number of aliphatic imine (C=N–C) groups is 1. The fourth-order valence-corrected chi connectivity index (χ4v) is 1.70. The molecule has 1 fully saturated rings. The summed E-state index contributed by atoms with van der Waals surface area (Å²) in [7, 11) is 2.14. The van der Waals surface area contributed by atoms with Crippen molar-refractivity contribution in [3.8, 4) is 0 Å². The lowest BCUT2D eigenvalue weighted by Gasteiger charge is -2.35. The van der Waals surface area contributed by atoms with Crippen LogP contribution in [0.1, 0.15) is 13.8 Å².